The van der Waals surface area contributed by atoms with Crippen molar-refractivity contribution in [3.8, 4) is 16.9 Å². The van der Waals surface area contributed by atoms with Crippen LogP contribution in [0.1, 0.15) is 46.4 Å². The Labute approximate surface area is 210 Å². The fraction of sp³-hybridized carbons (Fsp3) is 0.360. The third kappa shape index (κ3) is 3.53. The molecule has 0 saturated carbocycles. The predicted octanol–water partition coefficient (Wildman–Crippen LogP) is 5.58. The quantitative estimate of drug-likeness (QED) is 0.336. The second-order valence-corrected chi connectivity index (χ2v) is 10.7. The molecule has 0 amide bonds. The van der Waals surface area contributed by atoms with E-state index >= 15 is 0 Å². The van der Waals surface area contributed by atoms with Gasteiger partial charge in [-0.2, -0.15) is 0 Å². The van der Waals surface area contributed by atoms with Crippen LogP contribution in [-0.4, -0.2) is 32.8 Å². The van der Waals surface area contributed by atoms with Crippen molar-refractivity contribution in [3.05, 3.63) is 62.9 Å². The molecular formula is C25H22Cl2N2O4S. The van der Waals surface area contributed by atoms with Crippen molar-refractivity contribution in [3.63, 3.8) is 0 Å². The van der Waals surface area contributed by atoms with Crippen molar-refractivity contribution in [1.82, 2.24) is 10.1 Å². The molecule has 4 aromatic rings. The van der Waals surface area contributed by atoms with Crippen molar-refractivity contribution in [1.29, 1.82) is 0 Å². The Hall–Kier alpha value is -2.16. The number of aliphatic hydroxyl groups is 2. The first-order valence-corrected chi connectivity index (χ1v) is 13.0. The van der Waals surface area contributed by atoms with Crippen LogP contribution in [-0.2, 0) is 24.9 Å². The molecule has 0 spiro atoms. The first kappa shape index (κ1) is 22.3. The van der Waals surface area contributed by atoms with Crippen LogP contribution in [0.5, 0.6) is 5.75 Å². The summed E-state index contributed by atoms with van der Waals surface area (Å²) in [6.07, 6.45) is 6.33. The molecule has 2 aliphatic rings. The molecule has 6 rings (SSSR count). The lowest BCUT2D eigenvalue weighted by molar-refractivity contribution is 0.00406. The van der Waals surface area contributed by atoms with Crippen LogP contribution < -0.4 is 4.74 Å². The number of nitrogens with zero attached hydrogens (tertiary/aromatic N) is 2. The van der Waals surface area contributed by atoms with Crippen LogP contribution in [0.2, 0.25) is 5.02 Å². The number of halogens is 2. The molecule has 3 aromatic heterocycles. The molecule has 1 aliphatic carbocycles. The largest absolute Gasteiger partial charge is 0.481 e. The molecule has 2 atom stereocenters. The zero-order valence-corrected chi connectivity index (χ0v) is 20.5. The van der Waals surface area contributed by atoms with Gasteiger partial charge in [0.25, 0.3) is 0 Å². The number of hydrogen-bond acceptors (Lipinski definition) is 7. The third-order valence-electron chi connectivity index (χ3n) is 6.72. The van der Waals surface area contributed by atoms with E-state index in [2.05, 4.69) is 10.1 Å². The summed E-state index contributed by atoms with van der Waals surface area (Å²) in [5.41, 5.74) is 4.21. The smallest absolute Gasteiger partial charge is 0.181 e. The Bertz CT molecular complexity index is 1400. The Morgan fingerprint density at radius 2 is 2.03 bits per heavy atom. The van der Waals surface area contributed by atoms with Gasteiger partial charge in [0.2, 0.25) is 0 Å². The first-order valence-electron chi connectivity index (χ1n) is 11.3. The molecule has 4 heterocycles. The Balaban J connectivity index is 1.44. The normalized spacial score (nSPS) is 19.0. The average molecular weight is 517 g/mol. The average Bonchev–Trinajstić information content (AvgIpc) is 3.58. The van der Waals surface area contributed by atoms with Crippen molar-refractivity contribution in [2.24, 2.45) is 0 Å². The molecule has 0 saturated heterocycles. The second kappa shape index (κ2) is 8.50. The highest BCUT2D eigenvalue weighted by Gasteiger charge is 2.35. The highest BCUT2D eigenvalue weighted by molar-refractivity contribution is 7.19. The highest BCUT2D eigenvalue weighted by Crippen LogP contribution is 2.48. The zero-order chi connectivity index (χ0) is 23.4. The monoisotopic (exact) mass is 516 g/mol. The van der Waals surface area contributed by atoms with Crippen molar-refractivity contribution >= 4 is 44.8 Å². The van der Waals surface area contributed by atoms with Gasteiger partial charge in [0.15, 0.2) is 11.9 Å². The van der Waals surface area contributed by atoms with E-state index in [0.717, 1.165) is 64.3 Å². The maximum atomic E-state index is 10.7. The van der Waals surface area contributed by atoms with Crippen LogP contribution in [0.25, 0.3) is 21.3 Å². The molecule has 9 heteroatoms. The van der Waals surface area contributed by atoms with Crippen LogP contribution in [0.15, 0.2) is 35.0 Å². The van der Waals surface area contributed by atoms with E-state index in [-0.39, 0.29) is 12.0 Å². The molecule has 0 bridgehead atoms. The highest BCUT2D eigenvalue weighted by atomic mass is 35.5. The molecule has 0 fully saturated rings. The van der Waals surface area contributed by atoms with Gasteiger partial charge >= 0.3 is 0 Å². The molecule has 34 heavy (non-hydrogen) atoms. The van der Waals surface area contributed by atoms with Gasteiger partial charge in [-0.25, -0.2) is 0 Å². The summed E-state index contributed by atoms with van der Waals surface area (Å²) in [5.74, 6) is 1.47. The summed E-state index contributed by atoms with van der Waals surface area (Å²) in [7, 11) is 0. The van der Waals surface area contributed by atoms with Gasteiger partial charge in [-0.3, -0.25) is 4.98 Å². The number of thiophene rings is 1. The van der Waals surface area contributed by atoms with E-state index in [1.807, 2.05) is 18.2 Å². The first-order chi connectivity index (χ1) is 16.5. The molecular weight excluding hydrogens is 495 g/mol. The Kier molecular flexibility index (Phi) is 5.58. The topological polar surface area (TPSA) is 88.6 Å². The van der Waals surface area contributed by atoms with Gasteiger partial charge in [0, 0.05) is 44.8 Å². The fourth-order valence-electron chi connectivity index (χ4n) is 4.90. The number of aromatic nitrogens is 2. The number of rotatable bonds is 5. The zero-order valence-electron chi connectivity index (χ0n) is 18.2. The number of fused-ring (bicyclic) bond motifs is 3. The second-order valence-electron chi connectivity index (χ2n) is 8.94. The van der Waals surface area contributed by atoms with E-state index in [1.165, 1.54) is 16.9 Å². The van der Waals surface area contributed by atoms with Gasteiger partial charge < -0.3 is 19.5 Å². The van der Waals surface area contributed by atoms with Gasteiger partial charge in [-0.1, -0.05) is 16.8 Å². The van der Waals surface area contributed by atoms with E-state index in [4.69, 9.17) is 32.5 Å². The molecule has 2 N–H and O–H groups in total. The van der Waals surface area contributed by atoms with E-state index in [0.29, 0.717) is 21.8 Å². The lowest BCUT2D eigenvalue weighted by Crippen LogP contribution is -2.31. The molecule has 1 aliphatic heterocycles. The number of hydrogen-bond donors (Lipinski definition) is 2. The number of aliphatic hydroxyl groups excluding tert-OH is 1. The van der Waals surface area contributed by atoms with Crippen molar-refractivity contribution in [2.75, 3.05) is 12.5 Å². The number of pyridine rings is 1. The maximum Gasteiger partial charge on any atom is 0.181 e. The van der Waals surface area contributed by atoms with Gasteiger partial charge in [-0.05, 0) is 49.9 Å². The summed E-state index contributed by atoms with van der Waals surface area (Å²) in [5, 5.41) is 25.4. The summed E-state index contributed by atoms with van der Waals surface area (Å²) in [4.78, 5) is 5.03. The van der Waals surface area contributed by atoms with Crippen molar-refractivity contribution in [2.45, 2.75) is 43.8 Å². The molecule has 6 nitrogen and oxygen atoms in total. The minimum atomic E-state index is -1.52. The van der Waals surface area contributed by atoms with Crippen LogP contribution in [0, 0.1) is 0 Å². The van der Waals surface area contributed by atoms with E-state index in [1.54, 1.807) is 12.3 Å². The van der Waals surface area contributed by atoms with Gasteiger partial charge in [-0.15, -0.1) is 22.9 Å². The van der Waals surface area contributed by atoms with Crippen LogP contribution in [0.3, 0.4) is 0 Å². The summed E-state index contributed by atoms with van der Waals surface area (Å²) >= 11 is 13.9. The SMILES string of the molecule is OCC(O)(CCl)c1cc2nccc(-c3cc(Cl)cc4c3O[C@@H](c3onc5c3CCCC5)C4)c2s1. The number of alkyl halides is 1. The van der Waals surface area contributed by atoms with E-state index < -0.39 is 12.2 Å². The molecule has 0 radical (unpaired) electrons. The predicted molar refractivity (Wildman–Crippen MR) is 132 cm³/mol. The lowest BCUT2D eigenvalue weighted by Gasteiger charge is -2.20. The molecule has 1 aromatic carbocycles. The third-order valence-corrected chi connectivity index (χ3v) is 8.73. The minimum Gasteiger partial charge on any atom is -0.481 e. The minimum absolute atomic E-state index is 0.121. The summed E-state index contributed by atoms with van der Waals surface area (Å²) in [6.45, 7) is -0.475. The molecule has 176 valence electrons. The Morgan fingerprint density at radius 1 is 1.18 bits per heavy atom. The van der Waals surface area contributed by atoms with Crippen LogP contribution >= 0.6 is 34.5 Å². The van der Waals surface area contributed by atoms with Gasteiger partial charge in [0.05, 0.1) is 28.4 Å². The van der Waals surface area contributed by atoms with Gasteiger partial charge in [0.1, 0.15) is 11.4 Å². The summed E-state index contributed by atoms with van der Waals surface area (Å²) < 4.78 is 13.1. The number of aryl methyl sites for hydroxylation is 1. The van der Waals surface area contributed by atoms with Crippen LogP contribution in [0.4, 0.5) is 0 Å². The molecule has 1 unspecified atom stereocenters. The lowest BCUT2D eigenvalue weighted by atomic mass is 9.93. The fourth-order valence-corrected chi connectivity index (χ4v) is 6.67. The van der Waals surface area contributed by atoms with Crippen molar-refractivity contribution < 1.29 is 19.5 Å². The maximum absolute atomic E-state index is 10.7. The van der Waals surface area contributed by atoms with E-state index in [9.17, 15) is 10.2 Å². The Morgan fingerprint density at radius 3 is 2.85 bits per heavy atom. The standard InChI is InChI=1S/C25H22Cl2N2O4S/c26-11-25(31,12-30)21-10-19-24(34-21)15(5-6-28-19)17-9-14(27)7-13-8-20(32-22(13)17)23-16-3-1-2-4-18(16)29-33-23/h5-7,9-10,20,30-31H,1-4,8,11-12H2/t20-,25?/m1/s1. The number of benzene rings is 1. The number of ether oxygens (including phenoxy) is 1. The summed E-state index contributed by atoms with van der Waals surface area (Å²) in [6, 6.07) is 7.53.